The summed E-state index contributed by atoms with van der Waals surface area (Å²) in [7, 11) is 1.58. The Kier molecular flexibility index (Phi) is 4.54. The van der Waals surface area contributed by atoms with Crippen LogP contribution in [0.25, 0.3) is 10.9 Å². The summed E-state index contributed by atoms with van der Waals surface area (Å²) >= 11 is 0. The quantitative estimate of drug-likeness (QED) is 0.817. The number of ether oxygens (including phenoxy) is 1. The lowest BCUT2D eigenvalue weighted by Gasteiger charge is -2.21. The number of hydrogen-bond acceptors (Lipinski definition) is 5. The molecule has 2 rings (SSSR count). The largest absolute Gasteiger partial charge is 0.480 e. The lowest BCUT2D eigenvalue weighted by molar-refractivity contribution is -0.136. The Morgan fingerprint density at radius 2 is 2.29 bits per heavy atom. The number of rotatable bonds is 5. The number of amides is 1. The summed E-state index contributed by atoms with van der Waals surface area (Å²) < 4.78 is 5.60. The second kappa shape index (κ2) is 6.36. The van der Waals surface area contributed by atoms with Gasteiger partial charge in [-0.15, -0.1) is 0 Å². The van der Waals surface area contributed by atoms with Crippen molar-refractivity contribution in [2.45, 2.75) is 13.0 Å². The molecule has 1 aromatic carbocycles. The van der Waals surface area contributed by atoms with Crippen LogP contribution in [0.1, 0.15) is 6.92 Å². The number of carbonyl (C=O) groups is 1. The van der Waals surface area contributed by atoms with E-state index in [2.05, 4.69) is 9.97 Å². The molecular weight excluding hydrogens is 274 g/mol. The van der Waals surface area contributed by atoms with E-state index >= 15 is 0 Å². The fourth-order valence-electron chi connectivity index (χ4n) is 2.00. The predicted molar refractivity (Wildman–Crippen MR) is 77.2 cm³/mol. The summed E-state index contributed by atoms with van der Waals surface area (Å²) in [6.45, 7) is 1.70. The molecule has 1 amide bonds. The topological polar surface area (TPSA) is 95.5 Å². The van der Waals surface area contributed by atoms with Crippen molar-refractivity contribution < 1.29 is 14.6 Å². The van der Waals surface area contributed by atoms with E-state index in [-0.39, 0.29) is 24.6 Å². The van der Waals surface area contributed by atoms with Crippen molar-refractivity contribution in [1.82, 2.24) is 14.9 Å². The number of likely N-dealkylation sites (N-methyl/N-ethyl adjacent to an activating group) is 1. The van der Waals surface area contributed by atoms with Crippen LogP contribution in [-0.4, -0.2) is 52.2 Å². The maximum absolute atomic E-state index is 12.0. The van der Waals surface area contributed by atoms with Gasteiger partial charge in [0.2, 0.25) is 0 Å². The van der Waals surface area contributed by atoms with Gasteiger partial charge in [0, 0.05) is 13.6 Å². The molecule has 0 aliphatic heterocycles. The molecule has 2 N–H and O–H groups in total. The first-order valence-electron chi connectivity index (χ1n) is 6.53. The molecule has 7 heteroatoms. The minimum Gasteiger partial charge on any atom is -0.480 e. The van der Waals surface area contributed by atoms with Gasteiger partial charge in [0.25, 0.3) is 11.5 Å². The Hall–Kier alpha value is -2.41. The third-order valence-electron chi connectivity index (χ3n) is 3.09. The lowest BCUT2D eigenvalue weighted by Crippen LogP contribution is -2.39. The van der Waals surface area contributed by atoms with Crippen LogP contribution in [-0.2, 0) is 4.79 Å². The fraction of sp³-hybridized carbons (Fsp3) is 0.357. The number of nitrogens with one attached hydrogen (secondary N) is 1. The van der Waals surface area contributed by atoms with Gasteiger partial charge in [0.05, 0.1) is 18.5 Å². The van der Waals surface area contributed by atoms with E-state index in [1.807, 2.05) is 0 Å². The van der Waals surface area contributed by atoms with Gasteiger partial charge in [-0.25, -0.2) is 4.98 Å². The zero-order valence-corrected chi connectivity index (χ0v) is 11.9. The average Bonchev–Trinajstić information content (AvgIpc) is 2.47. The van der Waals surface area contributed by atoms with Crippen LogP contribution >= 0.6 is 0 Å². The van der Waals surface area contributed by atoms with Crippen molar-refractivity contribution in [3.63, 3.8) is 0 Å². The van der Waals surface area contributed by atoms with Gasteiger partial charge in [-0.05, 0) is 19.1 Å². The van der Waals surface area contributed by atoms with Gasteiger partial charge < -0.3 is 19.7 Å². The van der Waals surface area contributed by atoms with E-state index in [4.69, 9.17) is 9.84 Å². The Morgan fingerprint density at radius 1 is 1.52 bits per heavy atom. The van der Waals surface area contributed by atoms with E-state index in [9.17, 15) is 9.59 Å². The number of aliphatic hydroxyl groups excluding tert-OH is 1. The highest BCUT2D eigenvalue weighted by atomic mass is 16.5. The number of aromatic amines is 1. The molecule has 0 saturated heterocycles. The van der Waals surface area contributed by atoms with Crippen LogP contribution in [0.4, 0.5) is 0 Å². The SMILES string of the molecule is C[C@@H](Oc1cccc2nc[nH]c(=O)c12)C(=O)N(C)CCO. The van der Waals surface area contributed by atoms with E-state index in [0.29, 0.717) is 16.7 Å². The number of nitrogens with zero attached hydrogens (tertiary/aromatic N) is 2. The van der Waals surface area contributed by atoms with Crippen molar-refractivity contribution in [2.75, 3.05) is 20.2 Å². The normalized spacial score (nSPS) is 12.1. The Balaban J connectivity index is 2.28. The van der Waals surface area contributed by atoms with Gasteiger partial charge in [-0.2, -0.15) is 0 Å². The molecule has 0 spiro atoms. The fourth-order valence-corrected chi connectivity index (χ4v) is 2.00. The number of hydrogen-bond donors (Lipinski definition) is 2. The van der Waals surface area contributed by atoms with Crippen LogP contribution in [0, 0.1) is 0 Å². The Labute approximate surface area is 121 Å². The molecule has 1 atom stereocenters. The molecule has 112 valence electrons. The van der Waals surface area contributed by atoms with Gasteiger partial charge in [-0.1, -0.05) is 6.07 Å². The maximum Gasteiger partial charge on any atom is 0.263 e. The van der Waals surface area contributed by atoms with Crippen LogP contribution in [0.5, 0.6) is 5.75 Å². The van der Waals surface area contributed by atoms with Gasteiger partial charge in [0.15, 0.2) is 6.10 Å². The van der Waals surface area contributed by atoms with Crippen molar-refractivity contribution in [2.24, 2.45) is 0 Å². The lowest BCUT2D eigenvalue weighted by atomic mass is 10.2. The second-order valence-electron chi connectivity index (χ2n) is 4.63. The number of aromatic nitrogens is 2. The van der Waals surface area contributed by atoms with Crippen LogP contribution < -0.4 is 10.3 Å². The number of carbonyl (C=O) groups excluding carboxylic acids is 1. The molecule has 0 bridgehead atoms. The highest BCUT2D eigenvalue weighted by Crippen LogP contribution is 2.21. The standard InChI is InChI=1S/C14H17N3O4/c1-9(14(20)17(2)6-7-18)21-11-5-3-4-10-12(11)13(19)16-8-15-10/h3-5,8-9,18H,6-7H2,1-2H3,(H,15,16,19)/t9-/m1/s1. The molecule has 21 heavy (non-hydrogen) atoms. The van der Waals surface area contributed by atoms with E-state index in [1.54, 1.807) is 32.2 Å². The Morgan fingerprint density at radius 3 is 3.00 bits per heavy atom. The van der Waals surface area contributed by atoms with Crippen LogP contribution in [0.2, 0.25) is 0 Å². The van der Waals surface area contributed by atoms with Crippen LogP contribution in [0.15, 0.2) is 29.3 Å². The molecular formula is C14H17N3O4. The van der Waals surface area contributed by atoms with Crippen molar-refractivity contribution in [3.05, 3.63) is 34.9 Å². The summed E-state index contributed by atoms with van der Waals surface area (Å²) in [5.41, 5.74) is 0.179. The van der Waals surface area contributed by atoms with Crippen molar-refractivity contribution in [1.29, 1.82) is 0 Å². The van der Waals surface area contributed by atoms with E-state index in [0.717, 1.165) is 0 Å². The van der Waals surface area contributed by atoms with Crippen LogP contribution in [0.3, 0.4) is 0 Å². The minimum absolute atomic E-state index is 0.118. The second-order valence-corrected chi connectivity index (χ2v) is 4.63. The van der Waals surface area contributed by atoms with Crippen molar-refractivity contribution >= 4 is 16.8 Å². The molecule has 7 nitrogen and oxygen atoms in total. The summed E-state index contributed by atoms with van der Waals surface area (Å²) in [4.78, 5) is 31.8. The van der Waals surface area contributed by atoms with Gasteiger partial charge >= 0.3 is 0 Å². The molecule has 1 aromatic heterocycles. The smallest absolute Gasteiger partial charge is 0.263 e. The third-order valence-corrected chi connectivity index (χ3v) is 3.09. The highest BCUT2D eigenvalue weighted by molar-refractivity contribution is 5.85. The summed E-state index contributed by atoms with van der Waals surface area (Å²) in [6, 6.07) is 5.02. The van der Waals surface area contributed by atoms with Crippen molar-refractivity contribution in [3.8, 4) is 5.75 Å². The highest BCUT2D eigenvalue weighted by Gasteiger charge is 2.20. The molecule has 0 unspecified atom stereocenters. The minimum atomic E-state index is -0.772. The van der Waals surface area contributed by atoms with E-state index < -0.39 is 6.10 Å². The van der Waals surface area contributed by atoms with E-state index in [1.165, 1.54) is 11.2 Å². The number of aliphatic hydroxyl groups is 1. The maximum atomic E-state index is 12.0. The van der Waals surface area contributed by atoms with Gasteiger partial charge in [0.1, 0.15) is 11.1 Å². The molecule has 0 saturated carbocycles. The first kappa shape index (κ1) is 15.0. The molecule has 1 heterocycles. The first-order valence-corrected chi connectivity index (χ1v) is 6.53. The zero-order valence-electron chi connectivity index (χ0n) is 11.9. The third kappa shape index (κ3) is 3.19. The predicted octanol–water partition coefficient (Wildman–Crippen LogP) is 0.141. The summed E-state index contributed by atoms with van der Waals surface area (Å²) in [5.74, 6) is 0.0291. The molecule has 0 aliphatic carbocycles. The molecule has 0 radical (unpaired) electrons. The number of H-pyrrole nitrogens is 1. The molecule has 0 fully saturated rings. The first-order chi connectivity index (χ1) is 10.0. The Bertz CT molecular complexity index is 693. The van der Waals surface area contributed by atoms with Gasteiger partial charge in [-0.3, -0.25) is 9.59 Å². The number of fused-ring (bicyclic) bond motifs is 1. The molecule has 0 aliphatic rings. The summed E-state index contributed by atoms with van der Waals surface area (Å²) in [5, 5.41) is 9.16. The molecule has 2 aromatic rings. The monoisotopic (exact) mass is 291 g/mol. The summed E-state index contributed by atoms with van der Waals surface area (Å²) in [6.07, 6.45) is 0.546. The average molecular weight is 291 g/mol. The zero-order chi connectivity index (χ0) is 15.4. The number of benzene rings is 1.